The van der Waals surface area contributed by atoms with Crippen LogP contribution in [-0.4, -0.2) is 9.97 Å². The molecule has 3 aromatic carbocycles. The summed E-state index contributed by atoms with van der Waals surface area (Å²) < 4.78 is 39.4. The van der Waals surface area contributed by atoms with Crippen molar-refractivity contribution in [2.45, 2.75) is 19.7 Å². The van der Waals surface area contributed by atoms with Crippen molar-refractivity contribution in [2.24, 2.45) is 0 Å². The van der Waals surface area contributed by atoms with E-state index in [4.69, 9.17) is 14.9 Å². The number of furan rings is 1. The third-order valence-electron chi connectivity index (χ3n) is 6.20. The van der Waals surface area contributed by atoms with Crippen molar-refractivity contribution >= 4 is 22.1 Å². The lowest BCUT2D eigenvalue weighted by molar-refractivity contribution is 0.668. The van der Waals surface area contributed by atoms with Crippen LogP contribution in [0.1, 0.15) is 35.1 Å². The summed E-state index contributed by atoms with van der Waals surface area (Å²) in [6.45, 7) is -0.463. The van der Waals surface area contributed by atoms with E-state index in [9.17, 15) is 0 Å². The van der Waals surface area contributed by atoms with E-state index in [2.05, 4.69) is 4.98 Å². The van der Waals surface area contributed by atoms with Crippen LogP contribution >= 0.6 is 0 Å². The second-order valence-electron chi connectivity index (χ2n) is 8.30. The van der Waals surface area contributed by atoms with E-state index in [0.717, 1.165) is 22.1 Å². The van der Waals surface area contributed by atoms with Crippen LogP contribution in [0, 0.1) is 6.85 Å². The van der Waals surface area contributed by atoms with Crippen LogP contribution < -0.4 is 0 Å². The van der Waals surface area contributed by atoms with Gasteiger partial charge in [0.2, 0.25) is 0 Å². The van der Waals surface area contributed by atoms with Gasteiger partial charge in [0.05, 0.1) is 5.69 Å². The van der Waals surface area contributed by atoms with E-state index < -0.39 is 12.7 Å². The fourth-order valence-electron chi connectivity index (χ4n) is 4.37. The highest BCUT2D eigenvalue weighted by atomic mass is 16.3. The Balaban J connectivity index is 1.52. The molecule has 0 amide bonds. The van der Waals surface area contributed by atoms with Gasteiger partial charge in [-0.25, -0.2) is 4.98 Å². The van der Waals surface area contributed by atoms with Gasteiger partial charge < -0.3 is 4.42 Å². The Labute approximate surface area is 204 Å². The third-order valence-corrected chi connectivity index (χ3v) is 6.20. The highest BCUT2D eigenvalue weighted by Crippen LogP contribution is 2.37. The zero-order chi connectivity index (χ0) is 26.5. The maximum absolute atomic E-state index is 9.05. The number of nitrogens with zero attached hydrogens (tertiary/aromatic N) is 2. The van der Waals surface area contributed by atoms with Gasteiger partial charge in [-0.15, -0.1) is 0 Å². The Hall–Kier alpha value is -4.24. The normalized spacial score (nSPS) is 15.3. The van der Waals surface area contributed by atoms with E-state index in [0.29, 0.717) is 33.6 Å². The molecule has 6 aromatic rings. The van der Waals surface area contributed by atoms with Gasteiger partial charge in [-0.2, -0.15) is 0 Å². The summed E-state index contributed by atoms with van der Waals surface area (Å²) in [4.78, 5) is 9.43. The van der Waals surface area contributed by atoms with Crippen LogP contribution in [0.4, 0.5) is 0 Å². The van der Waals surface area contributed by atoms with Crippen molar-refractivity contribution in [3.63, 3.8) is 0 Å². The first-order chi connectivity index (χ1) is 18.2. The van der Waals surface area contributed by atoms with Gasteiger partial charge >= 0.3 is 0 Å². The lowest BCUT2D eigenvalue weighted by Gasteiger charge is -2.11. The minimum atomic E-state index is -2.30. The van der Waals surface area contributed by atoms with Gasteiger partial charge in [0.1, 0.15) is 11.1 Å². The van der Waals surface area contributed by atoms with Crippen molar-refractivity contribution in [2.75, 3.05) is 0 Å². The molecule has 0 saturated heterocycles. The molecule has 3 nitrogen and oxygen atoms in total. The van der Waals surface area contributed by atoms with Crippen LogP contribution in [0.25, 0.3) is 44.5 Å². The Kier molecular flexibility index (Phi) is 3.99. The average molecular weight is 445 g/mol. The van der Waals surface area contributed by atoms with Crippen LogP contribution in [-0.2, 0) is 0 Å². The molecule has 34 heavy (non-hydrogen) atoms. The number of para-hydroxylation sites is 1. The van der Waals surface area contributed by atoms with Crippen LogP contribution in [0.5, 0.6) is 0 Å². The summed E-state index contributed by atoms with van der Waals surface area (Å²) in [7, 11) is 0. The standard InChI is InChI=1S/C31H24N2O/c1-20-19-32-28(18-26(20)23-12-7-4-8-13-23)24-14-9-15-25-30-29(34-31(24)25)17-16-27(33-30)21(2)22-10-5-3-6-11-22/h3-19,21H,1-2H3/i1D3,21D. The molecule has 1 unspecified atom stereocenters. The molecule has 0 spiro atoms. The van der Waals surface area contributed by atoms with Crippen molar-refractivity contribution < 1.29 is 9.90 Å². The summed E-state index contributed by atoms with van der Waals surface area (Å²) in [5, 5.41) is 0.811. The first kappa shape index (κ1) is 16.4. The highest BCUT2D eigenvalue weighted by Gasteiger charge is 2.17. The van der Waals surface area contributed by atoms with Gasteiger partial charge in [0, 0.05) is 34.2 Å². The zero-order valence-corrected chi connectivity index (χ0v) is 18.6. The highest BCUT2D eigenvalue weighted by molar-refractivity contribution is 6.07. The van der Waals surface area contributed by atoms with E-state index in [-0.39, 0.29) is 5.56 Å². The van der Waals surface area contributed by atoms with Gasteiger partial charge in [0.15, 0.2) is 5.58 Å². The van der Waals surface area contributed by atoms with Gasteiger partial charge in [-0.3, -0.25) is 4.98 Å². The molecular weight excluding hydrogens is 416 g/mol. The predicted octanol–water partition coefficient (Wildman–Crippen LogP) is 8.17. The second kappa shape index (κ2) is 8.27. The number of fused-ring (bicyclic) bond motifs is 3. The summed E-state index contributed by atoms with van der Waals surface area (Å²) in [5.74, 6) is -1.03. The Bertz CT molecular complexity index is 1780. The molecule has 0 aliphatic rings. The average Bonchev–Trinajstić information content (AvgIpc) is 3.31. The van der Waals surface area contributed by atoms with Gasteiger partial charge in [-0.05, 0) is 59.4 Å². The van der Waals surface area contributed by atoms with Crippen molar-refractivity contribution in [3.8, 4) is 22.4 Å². The number of rotatable bonds is 4. The molecule has 3 heteroatoms. The van der Waals surface area contributed by atoms with Gasteiger partial charge in [-0.1, -0.05) is 73.7 Å². The molecule has 3 heterocycles. The fraction of sp³-hybridized carbons (Fsp3) is 0.0968. The Morgan fingerprint density at radius 2 is 1.65 bits per heavy atom. The van der Waals surface area contributed by atoms with Gasteiger partial charge in [0.25, 0.3) is 0 Å². The summed E-state index contributed by atoms with van der Waals surface area (Å²) in [6.07, 6.45) is 1.44. The van der Waals surface area contributed by atoms with Crippen LogP contribution in [0.15, 0.2) is 108 Å². The summed E-state index contributed by atoms with van der Waals surface area (Å²) in [6, 6.07) is 30.4. The molecule has 164 valence electrons. The van der Waals surface area contributed by atoms with E-state index >= 15 is 0 Å². The van der Waals surface area contributed by atoms with Crippen molar-refractivity contribution in [1.29, 1.82) is 0 Å². The summed E-state index contributed by atoms with van der Waals surface area (Å²) >= 11 is 0. The number of benzene rings is 3. The number of aromatic nitrogens is 2. The largest absolute Gasteiger partial charge is 0.454 e. The molecule has 6 rings (SSSR count). The Morgan fingerprint density at radius 1 is 0.853 bits per heavy atom. The molecule has 3 aromatic heterocycles. The SMILES string of the molecule is [2H]C([2H])([2H])c1cnc(-c2cccc3c2oc2ccc(C([2H])(C)c4ccccc4)nc23)cc1-c1ccccc1. The Morgan fingerprint density at radius 3 is 2.44 bits per heavy atom. The van der Waals surface area contributed by atoms with E-state index in [1.807, 2.05) is 104 Å². The topological polar surface area (TPSA) is 38.9 Å². The lowest BCUT2D eigenvalue weighted by Crippen LogP contribution is -1.98. The summed E-state index contributed by atoms with van der Waals surface area (Å²) in [5.41, 5.74) is 6.35. The van der Waals surface area contributed by atoms with Crippen LogP contribution in [0.3, 0.4) is 0 Å². The smallest absolute Gasteiger partial charge is 0.153 e. The first-order valence-corrected chi connectivity index (χ1v) is 11.2. The lowest BCUT2D eigenvalue weighted by atomic mass is 9.97. The number of aryl methyl sites for hydroxylation is 1. The predicted molar refractivity (Wildman–Crippen MR) is 139 cm³/mol. The van der Waals surface area contributed by atoms with E-state index in [1.54, 1.807) is 0 Å². The molecule has 0 aliphatic heterocycles. The van der Waals surface area contributed by atoms with E-state index in [1.165, 1.54) is 6.20 Å². The van der Waals surface area contributed by atoms with Crippen molar-refractivity contribution in [1.82, 2.24) is 9.97 Å². The second-order valence-corrected chi connectivity index (χ2v) is 8.30. The zero-order valence-electron chi connectivity index (χ0n) is 22.6. The molecule has 0 bridgehead atoms. The minimum absolute atomic E-state index is 0.200. The molecule has 0 N–H and O–H groups in total. The number of hydrogen-bond acceptors (Lipinski definition) is 3. The molecular formula is C31H24N2O. The maximum atomic E-state index is 9.05. The number of hydrogen-bond donors (Lipinski definition) is 0. The first-order valence-electron chi connectivity index (χ1n) is 13.2. The minimum Gasteiger partial charge on any atom is -0.454 e. The quantitative estimate of drug-likeness (QED) is 0.275. The molecule has 1 atom stereocenters. The van der Waals surface area contributed by atoms with Crippen LogP contribution in [0.2, 0.25) is 0 Å². The number of pyridine rings is 2. The molecule has 0 aliphatic carbocycles. The molecule has 0 saturated carbocycles. The molecule has 0 radical (unpaired) electrons. The third kappa shape index (κ3) is 3.46. The fourth-order valence-corrected chi connectivity index (χ4v) is 4.37. The van der Waals surface area contributed by atoms with Crippen molar-refractivity contribution in [3.05, 3.63) is 120 Å². The maximum Gasteiger partial charge on any atom is 0.153 e. The monoisotopic (exact) mass is 444 g/mol. The molecule has 0 fully saturated rings.